The second kappa shape index (κ2) is 17.7. The predicted molar refractivity (Wildman–Crippen MR) is 202 cm³/mol. The summed E-state index contributed by atoms with van der Waals surface area (Å²) >= 11 is 0. The third-order valence-electron chi connectivity index (χ3n) is 8.64. The Bertz CT molecular complexity index is 2200. The molecule has 0 unspecified atom stereocenters. The first-order chi connectivity index (χ1) is 25.5. The molecule has 10 heteroatoms. The van der Waals surface area contributed by atoms with Gasteiger partial charge in [0.1, 0.15) is 22.7 Å². The number of aryl methyl sites for hydroxylation is 2. The number of hydrogen-bond donors (Lipinski definition) is 1. The van der Waals surface area contributed by atoms with Gasteiger partial charge in [-0.1, -0.05) is 91.0 Å². The number of rotatable bonds is 13. The summed E-state index contributed by atoms with van der Waals surface area (Å²) in [6.45, 7) is 5.59. The number of nitrogens with zero attached hydrogens (tertiary/aromatic N) is 6. The zero-order valence-corrected chi connectivity index (χ0v) is 29.6. The molecule has 1 N–H and O–H groups in total. The second-order valence-electron chi connectivity index (χ2n) is 12.4. The standard InChI is InChI=1S/C24H24N4O.C18H19N3O2/c1-18(20-11-6-3-7-12-20)26-23(29)15-14-22-27-21-13-8-16-25-24(21)28(22)17-19-9-4-2-5-10-19;1-2-23-17(22)11-10-16-20-15-9-6-12-19-18(15)21(16)13-14-7-4-3-5-8-14/h2-13,16,18H,14-15,17H2,1H3,(H,26,29);3-9,12H,2,10-11,13H2,1H3/t18-;/m0./s1. The molecule has 1 atom stereocenters. The number of nitrogens with one attached hydrogen (secondary N) is 1. The maximum Gasteiger partial charge on any atom is 0.306 e. The van der Waals surface area contributed by atoms with Gasteiger partial charge in [0, 0.05) is 31.7 Å². The van der Waals surface area contributed by atoms with Crippen LogP contribution in [0.2, 0.25) is 0 Å². The number of benzene rings is 3. The Hall–Kier alpha value is -6.16. The number of amides is 1. The Morgan fingerprint density at radius 1 is 0.654 bits per heavy atom. The molecule has 7 rings (SSSR count). The molecule has 0 saturated carbocycles. The van der Waals surface area contributed by atoms with E-state index in [0.717, 1.165) is 39.5 Å². The second-order valence-corrected chi connectivity index (χ2v) is 12.4. The fourth-order valence-electron chi connectivity index (χ4n) is 6.07. The van der Waals surface area contributed by atoms with Gasteiger partial charge < -0.3 is 19.2 Å². The molecule has 4 heterocycles. The largest absolute Gasteiger partial charge is 0.466 e. The van der Waals surface area contributed by atoms with E-state index in [9.17, 15) is 9.59 Å². The van der Waals surface area contributed by atoms with Crippen molar-refractivity contribution in [2.75, 3.05) is 6.61 Å². The van der Waals surface area contributed by atoms with Gasteiger partial charge in [0.05, 0.1) is 32.2 Å². The molecule has 0 bridgehead atoms. The van der Waals surface area contributed by atoms with Gasteiger partial charge in [-0.3, -0.25) is 9.59 Å². The van der Waals surface area contributed by atoms with Gasteiger partial charge in [-0.15, -0.1) is 0 Å². The predicted octanol–water partition coefficient (Wildman–Crippen LogP) is 7.26. The van der Waals surface area contributed by atoms with Crippen molar-refractivity contribution in [3.05, 3.63) is 156 Å². The van der Waals surface area contributed by atoms with E-state index in [0.29, 0.717) is 45.4 Å². The number of fused-ring (bicyclic) bond motifs is 2. The zero-order valence-electron chi connectivity index (χ0n) is 29.6. The summed E-state index contributed by atoms with van der Waals surface area (Å²) in [5, 5.41) is 3.08. The first-order valence-corrected chi connectivity index (χ1v) is 17.7. The quantitative estimate of drug-likeness (QED) is 0.126. The lowest BCUT2D eigenvalue weighted by molar-refractivity contribution is -0.143. The molecule has 4 aromatic heterocycles. The molecule has 0 radical (unpaired) electrons. The summed E-state index contributed by atoms with van der Waals surface area (Å²) in [6.07, 6.45) is 5.37. The number of carbonyl (C=O) groups is 2. The van der Waals surface area contributed by atoms with E-state index in [4.69, 9.17) is 9.72 Å². The van der Waals surface area contributed by atoms with Gasteiger partial charge in [0.2, 0.25) is 5.91 Å². The Morgan fingerprint density at radius 3 is 1.63 bits per heavy atom. The third-order valence-corrected chi connectivity index (χ3v) is 8.64. The number of carbonyl (C=O) groups excluding carboxylic acids is 2. The van der Waals surface area contributed by atoms with Crippen LogP contribution in [0.25, 0.3) is 22.3 Å². The van der Waals surface area contributed by atoms with Gasteiger partial charge in [-0.05, 0) is 54.8 Å². The normalized spacial score (nSPS) is 11.5. The van der Waals surface area contributed by atoms with Crippen LogP contribution in [0.4, 0.5) is 0 Å². The van der Waals surface area contributed by atoms with E-state index in [1.54, 1.807) is 12.4 Å². The summed E-state index contributed by atoms with van der Waals surface area (Å²) < 4.78 is 9.19. The number of pyridine rings is 2. The maximum atomic E-state index is 12.5. The maximum absolute atomic E-state index is 12.5. The fourth-order valence-corrected chi connectivity index (χ4v) is 6.07. The molecule has 0 saturated heterocycles. The lowest BCUT2D eigenvalue weighted by Crippen LogP contribution is -2.27. The van der Waals surface area contributed by atoms with Crippen LogP contribution in [0.1, 0.15) is 61.1 Å². The fraction of sp³-hybridized carbons (Fsp3) is 0.238. The van der Waals surface area contributed by atoms with Crippen molar-refractivity contribution < 1.29 is 14.3 Å². The van der Waals surface area contributed by atoms with E-state index in [1.165, 1.54) is 11.1 Å². The van der Waals surface area contributed by atoms with Crippen LogP contribution in [0.3, 0.4) is 0 Å². The highest BCUT2D eigenvalue weighted by Crippen LogP contribution is 2.19. The monoisotopic (exact) mass is 693 g/mol. The number of hydrogen-bond acceptors (Lipinski definition) is 7. The minimum absolute atomic E-state index is 0.0199. The topological polar surface area (TPSA) is 117 Å². The highest BCUT2D eigenvalue weighted by atomic mass is 16.5. The number of esters is 1. The van der Waals surface area contributed by atoms with E-state index in [1.807, 2.05) is 105 Å². The van der Waals surface area contributed by atoms with Crippen LogP contribution in [0.5, 0.6) is 0 Å². The van der Waals surface area contributed by atoms with Crippen molar-refractivity contribution in [3.63, 3.8) is 0 Å². The molecule has 0 aliphatic rings. The summed E-state index contributed by atoms with van der Waals surface area (Å²) in [6, 6.07) is 38.0. The minimum Gasteiger partial charge on any atom is -0.466 e. The first kappa shape index (κ1) is 35.7. The molecular weight excluding hydrogens is 651 g/mol. The van der Waals surface area contributed by atoms with E-state index in [2.05, 4.69) is 53.7 Å². The molecule has 0 fully saturated rings. The molecule has 264 valence electrons. The van der Waals surface area contributed by atoms with Crippen LogP contribution >= 0.6 is 0 Å². The van der Waals surface area contributed by atoms with Crippen molar-refractivity contribution in [1.29, 1.82) is 0 Å². The Balaban J connectivity index is 0.000000183. The number of ether oxygens (including phenoxy) is 1. The Morgan fingerprint density at radius 2 is 1.13 bits per heavy atom. The van der Waals surface area contributed by atoms with Crippen LogP contribution in [-0.2, 0) is 40.3 Å². The van der Waals surface area contributed by atoms with Gasteiger partial charge in [-0.2, -0.15) is 0 Å². The van der Waals surface area contributed by atoms with Crippen LogP contribution in [0.15, 0.2) is 128 Å². The molecule has 0 spiro atoms. The van der Waals surface area contributed by atoms with Gasteiger partial charge in [0.15, 0.2) is 11.3 Å². The molecule has 10 nitrogen and oxygen atoms in total. The molecule has 52 heavy (non-hydrogen) atoms. The highest BCUT2D eigenvalue weighted by molar-refractivity contribution is 5.77. The summed E-state index contributed by atoms with van der Waals surface area (Å²) in [5.41, 5.74) is 6.86. The molecule has 0 aliphatic heterocycles. The lowest BCUT2D eigenvalue weighted by atomic mass is 10.1. The first-order valence-electron chi connectivity index (χ1n) is 17.7. The molecule has 7 aromatic rings. The lowest BCUT2D eigenvalue weighted by Gasteiger charge is -2.14. The van der Waals surface area contributed by atoms with Crippen molar-refractivity contribution >= 4 is 34.2 Å². The SMILES string of the molecule is CCOC(=O)CCc1nc2cccnc2n1Cc1ccccc1.C[C@H](NC(=O)CCc1nc2cccnc2n1Cc1ccccc1)c1ccccc1. The van der Waals surface area contributed by atoms with Gasteiger partial charge in [-0.25, -0.2) is 19.9 Å². The average Bonchev–Trinajstić information content (AvgIpc) is 3.71. The summed E-state index contributed by atoms with van der Waals surface area (Å²) in [5.74, 6) is 1.56. The van der Waals surface area contributed by atoms with E-state index < -0.39 is 0 Å². The smallest absolute Gasteiger partial charge is 0.306 e. The highest BCUT2D eigenvalue weighted by Gasteiger charge is 2.16. The molecular formula is C42H43N7O3. The third kappa shape index (κ3) is 9.33. The molecule has 0 aliphatic carbocycles. The minimum atomic E-state index is -0.196. The summed E-state index contributed by atoms with van der Waals surface area (Å²) in [4.78, 5) is 42.5. The van der Waals surface area contributed by atoms with Gasteiger partial charge >= 0.3 is 5.97 Å². The number of imidazole rings is 2. The van der Waals surface area contributed by atoms with E-state index in [-0.39, 0.29) is 17.9 Å². The Labute approximate surface area is 303 Å². The van der Waals surface area contributed by atoms with Crippen molar-refractivity contribution in [3.8, 4) is 0 Å². The van der Waals surface area contributed by atoms with Crippen molar-refractivity contribution in [1.82, 2.24) is 34.4 Å². The zero-order chi connectivity index (χ0) is 36.1. The summed E-state index contributed by atoms with van der Waals surface area (Å²) in [7, 11) is 0. The van der Waals surface area contributed by atoms with Gasteiger partial charge in [0.25, 0.3) is 0 Å². The molecule has 1 amide bonds. The van der Waals surface area contributed by atoms with Crippen LogP contribution < -0.4 is 5.32 Å². The van der Waals surface area contributed by atoms with Crippen LogP contribution in [-0.4, -0.2) is 47.6 Å². The van der Waals surface area contributed by atoms with Crippen molar-refractivity contribution in [2.24, 2.45) is 0 Å². The van der Waals surface area contributed by atoms with E-state index >= 15 is 0 Å². The Kier molecular flexibility index (Phi) is 12.1. The van der Waals surface area contributed by atoms with Crippen molar-refractivity contribution in [2.45, 2.75) is 58.7 Å². The number of aromatic nitrogens is 6. The average molecular weight is 694 g/mol. The molecule has 3 aromatic carbocycles. The van der Waals surface area contributed by atoms with Crippen LogP contribution in [0, 0.1) is 0 Å².